The zero-order valence-electron chi connectivity index (χ0n) is 17.4. The molecule has 1 aromatic heterocycles. The summed E-state index contributed by atoms with van der Waals surface area (Å²) < 4.78 is 13.4. The van der Waals surface area contributed by atoms with Gasteiger partial charge in [-0.1, -0.05) is 36.4 Å². The number of rotatable bonds is 6. The molecule has 1 atom stereocenters. The number of amides is 1. The minimum Gasteiger partial charge on any atom is -0.354 e. The lowest BCUT2D eigenvalue weighted by Crippen LogP contribution is -2.27. The number of likely N-dealkylation sites (tertiary alicyclic amines) is 1. The molecule has 0 bridgehead atoms. The minimum absolute atomic E-state index is 0.157. The van der Waals surface area contributed by atoms with Gasteiger partial charge in [0, 0.05) is 43.7 Å². The van der Waals surface area contributed by atoms with Crippen LogP contribution in [0.5, 0.6) is 0 Å². The van der Waals surface area contributed by atoms with Crippen molar-refractivity contribution in [3.63, 3.8) is 0 Å². The third-order valence-electron chi connectivity index (χ3n) is 6.21. The van der Waals surface area contributed by atoms with Crippen molar-refractivity contribution in [1.29, 1.82) is 0 Å². The van der Waals surface area contributed by atoms with Gasteiger partial charge in [0.2, 0.25) is 11.9 Å². The summed E-state index contributed by atoms with van der Waals surface area (Å²) in [7, 11) is 0. The van der Waals surface area contributed by atoms with Crippen molar-refractivity contribution in [3.05, 3.63) is 77.2 Å². The first-order valence-electron chi connectivity index (χ1n) is 10.9. The third-order valence-corrected chi connectivity index (χ3v) is 6.21. The molecule has 5 rings (SSSR count). The second kappa shape index (κ2) is 8.46. The van der Waals surface area contributed by atoms with Gasteiger partial charge in [0.1, 0.15) is 5.82 Å². The van der Waals surface area contributed by atoms with Gasteiger partial charge < -0.3 is 10.2 Å². The van der Waals surface area contributed by atoms with Crippen LogP contribution in [-0.4, -0.2) is 40.4 Å². The molecule has 1 aliphatic heterocycles. The zero-order valence-corrected chi connectivity index (χ0v) is 17.4. The Bertz CT molecular complexity index is 1100. The first-order valence-corrected chi connectivity index (χ1v) is 10.9. The van der Waals surface area contributed by atoms with Gasteiger partial charge in [-0.15, -0.1) is 0 Å². The van der Waals surface area contributed by atoms with Crippen LogP contribution in [0.3, 0.4) is 0 Å². The number of nitrogens with zero attached hydrogens (tertiary/aromatic N) is 3. The summed E-state index contributed by atoms with van der Waals surface area (Å²) >= 11 is 0. The summed E-state index contributed by atoms with van der Waals surface area (Å²) in [5, 5.41) is 3.31. The Kier molecular flexibility index (Phi) is 5.37. The normalized spacial score (nSPS) is 17.4. The highest BCUT2D eigenvalue weighted by molar-refractivity contribution is 5.78. The Labute approximate surface area is 181 Å². The smallest absolute Gasteiger partial charge is 0.223 e. The molecule has 0 spiro atoms. The largest absolute Gasteiger partial charge is 0.354 e. The van der Waals surface area contributed by atoms with Gasteiger partial charge in [0.15, 0.2) is 0 Å². The Balaban J connectivity index is 1.33. The van der Waals surface area contributed by atoms with E-state index >= 15 is 0 Å². The van der Waals surface area contributed by atoms with Crippen LogP contribution in [-0.2, 0) is 11.2 Å². The number of halogens is 1. The van der Waals surface area contributed by atoms with Crippen LogP contribution in [0.1, 0.15) is 41.9 Å². The second-order valence-corrected chi connectivity index (χ2v) is 8.23. The highest BCUT2D eigenvalue weighted by Crippen LogP contribution is 2.41. The maximum Gasteiger partial charge on any atom is 0.223 e. The molecule has 2 aliphatic rings. The lowest BCUT2D eigenvalue weighted by atomic mass is 9.78. The number of benzene rings is 2. The Hall–Kier alpha value is -3.28. The molecule has 1 aliphatic carbocycles. The van der Waals surface area contributed by atoms with Crippen molar-refractivity contribution in [1.82, 2.24) is 14.9 Å². The molecule has 1 N–H and O–H groups in total. The van der Waals surface area contributed by atoms with Crippen molar-refractivity contribution in [2.24, 2.45) is 0 Å². The van der Waals surface area contributed by atoms with Crippen LogP contribution in [0.4, 0.5) is 10.3 Å². The zero-order chi connectivity index (χ0) is 21.2. The van der Waals surface area contributed by atoms with Gasteiger partial charge in [-0.25, -0.2) is 14.4 Å². The molecule has 2 heterocycles. The average molecular weight is 417 g/mol. The molecule has 1 unspecified atom stereocenters. The second-order valence-electron chi connectivity index (χ2n) is 8.23. The monoisotopic (exact) mass is 416 g/mol. The number of fused-ring (bicyclic) bond motifs is 3. The Morgan fingerprint density at radius 2 is 1.97 bits per heavy atom. The Morgan fingerprint density at radius 1 is 1.13 bits per heavy atom. The lowest BCUT2D eigenvalue weighted by Gasteiger charge is -2.27. The number of nitrogens with one attached hydrogen (secondary N) is 1. The number of hydrogen-bond acceptors (Lipinski definition) is 4. The molecule has 1 amide bonds. The average Bonchev–Trinajstić information content (AvgIpc) is 3.21. The SMILES string of the molecule is O=C1CCCN1CCCNc1ncc2c(n1)-c1ccccc1C(c1ccc(F)cc1)C2. The number of carbonyl (C=O) groups excluding carboxylic acids is 1. The molecule has 31 heavy (non-hydrogen) atoms. The first kappa shape index (κ1) is 19.7. The molecule has 1 fully saturated rings. The summed E-state index contributed by atoms with van der Waals surface area (Å²) in [6.07, 6.45) is 5.21. The fraction of sp³-hybridized carbons (Fsp3) is 0.320. The van der Waals surface area contributed by atoms with E-state index in [2.05, 4.69) is 22.4 Å². The molecule has 158 valence electrons. The predicted molar refractivity (Wildman–Crippen MR) is 118 cm³/mol. The maximum absolute atomic E-state index is 13.4. The molecule has 6 heteroatoms. The summed E-state index contributed by atoms with van der Waals surface area (Å²) in [5.74, 6) is 0.810. The quantitative estimate of drug-likeness (QED) is 0.606. The van der Waals surface area contributed by atoms with Crippen LogP contribution in [0.25, 0.3) is 11.3 Å². The van der Waals surface area contributed by atoms with Gasteiger partial charge >= 0.3 is 0 Å². The van der Waals surface area contributed by atoms with Gasteiger partial charge in [-0.2, -0.15) is 0 Å². The van der Waals surface area contributed by atoms with E-state index in [-0.39, 0.29) is 17.6 Å². The Morgan fingerprint density at radius 3 is 2.77 bits per heavy atom. The van der Waals surface area contributed by atoms with E-state index < -0.39 is 0 Å². The van der Waals surface area contributed by atoms with Gasteiger partial charge in [-0.3, -0.25) is 4.79 Å². The van der Waals surface area contributed by atoms with Crippen molar-refractivity contribution in [2.45, 2.75) is 31.6 Å². The lowest BCUT2D eigenvalue weighted by molar-refractivity contribution is -0.127. The van der Waals surface area contributed by atoms with Crippen LogP contribution in [0.2, 0.25) is 0 Å². The molecular weight excluding hydrogens is 391 g/mol. The number of aromatic nitrogens is 2. The van der Waals surface area contributed by atoms with E-state index in [4.69, 9.17) is 4.98 Å². The molecule has 3 aromatic rings. The minimum atomic E-state index is -0.221. The number of hydrogen-bond donors (Lipinski definition) is 1. The van der Waals surface area contributed by atoms with E-state index in [9.17, 15) is 9.18 Å². The van der Waals surface area contributed by atoms with Crippen LogP contribution >= 0.6 is 0 Å². The fourth-order valence-electron chi connectivity index (χ4n) is 4.62. The van der Waals surface area contributed by atoms with Crippen LogP contribution < -0.4 is 5.32 Å². The van der Waals surface area contributed by atoms with Crippen LogP contribution in [0, 0.1) is 5.82 Å². The van der Waals surface area contributed by atoms with E-state index in [0.717, 1.165) is 61.3 Å². The number of anilines is 1. The molecular formula is C25H25FN4O. The molecule has 0 radical (unpaired) electrons. The summed E-state index contributed by atoms with van der Waals surface area (Å²) in [5.41, 5.74) is 5.46. The topological polar surface area (TPSA) is 58.1 Å². The maximum atomic E-state index is 13.4. The molecule has 0 saturated carbocycles. The highest BCUT2D eigenvalue weighted by Gasteiger charge is 2.27. The molecule has 1 saturated heterocycles. The van der Waals surface area contributed by atoms with Crippen molar-refractivity contribution >= 4 is 11.9 Å². The fourth-order valence-corrected chi connectivity index (χ4v) is 4.62. The third kappa shape index (κ3) is 4.02. The molecule has 5 nitrogen and oxygen atoms in total. The van der Waals surface area contributed by atoms with Gasteiger partial charge in [-0.05, 0) is 48.1 Å². The summed E-state index contributed by atoms with van der Waals surface area (Å²) in [6.45, 7) is 2.38. The van der Waals surface area contributed by atoms with E-state index in [1.807, 2.05) is 35.4 Å². The summed E-state index contributed by atoms with van der Waals surface area (Å²) in [6, 6.07) is 15.1. The predicted octanol–water partition coefficient (Wildman–Crippen LogP) is 4.40. The van der Waals surface area contributed by atoms with E-state index in [1.54, 1.807) is 0 Å². The van der Waals surface area contributed by atoms with Crippen molar-refractivity contribution < 1.29 is 9.18 Å². The van der Waals surface area contributed by atoms with Gasteiger partial charge in [0.05, 0.1) is 5.69 Å². The van der Waals surface area contributed by atoms with E-state index in [0.29, 0.717) is 12.4 Å². The highest BCUT2D eigenvalue weighted by atomic mass is 19.1. The molecule has 2 aromatic carbocycles. The first-order chi connectivity index (χ1) is 15.2. The van der Waals surface area contributed by atoms with E-state index in [1.165, 1.54) is 17.7 Å². The van der Waals surface area contributed by atoms with Gasteiger partial charge in [0.25, 0.3) is 0 Å². The van der Waals surface area contributed by atoms with Crippen molar-refractivity contribution in [3.8, 4) is 11.3 Å². The standard InChI is InChI=1S/C25H25FN4O/c26-19-10-8-17(9-11-19)22-15-18-16-28-25(27-12-4-14-30-13-3-7-23(30)31)29-24(18)21-6-2-1-5-20(21)22/h1-2,5-6,8-11,16,22H,3-4,7,12-15H2,(H,27,28,29). The van der Waals surface area contributed by atoms with Crippen molar-refractivity contribution in [2.75, 3.05) is 25.0 Å². The summed E-state index contributed by atoms with van der Waals surface area (Å²) in [4.78, 5) is 23.0. The number of carbonyl (C=O) groups is 1. The van der Waals surface area contributed by atoms with Crippen LogP contribution in [0.15, 0.2) is 54.7 Å².